The zero-order valence-corrected chi connectivity index (χ0v) is 43.3. The molecule has 0 radical (unpaired) electrons. The van der Waals surface area contributed by atoms with Crippen LogP contribution in [0.4, 0.5) is 20.2 Å². The average molecular weight is 998 g/mol. The quantitative estimate of drug-likeness (QED) is 0.0473. The van der Waals surface area contributed by atoms with E-state index in [2.05, 4.69) is 43.8 Å². The number of unbranched alkanes of at least 4 members (excludes halogenated alkanes) is 11. The van der Waals surface area contributed by atoms with Gasteiger partial charge in [-0.25, -0.2) is 13.8 Å². The summed E-state index contributed by atoms with van der Waals surface area (Å²) < 4.78 is 44.7. The Kier molecular flexibility index (Phi) is 22.7. The van der Waals surface area contributed by atoms with Gasteiger partial charge in [-0.05, 0) is 87.5 Å². The summed E-state index contributed by atoms with van der Waals surface area (Å²) in [5.41, 5.74) is 9.81. The third kappa shape index (κ3) is 15.0. The summed E-state index contributed by atoms with van der Waals surface area (Å²) in [6, 6.07) is 15.5. The minimum atomic E-state index is -2.74. The molecular formula is C55H73F2N7O6S. The monoisotopic (exact) mass is 998 g/mol. The summed E-state index contributed by atoms with van der Waals surface area (Å²) in [5.74, 6) is 1.39. The van der Waals surface area contributed by atoms with Crippen LogP contribution in [-0.2, 0) is 36.1 Å². The molecule has 0 spiro atoms. The smallest absolute Gasteiger partial charge is 0.264 e. The van der Waals surface area contributed by atoms with Gasteiger partial charge in [-0.2, -0.15) is 5.10 Å². The highest BCUT2D eigenvalue weighted by molar-refractivity contribution is 7.13. The highest BCUT2D eigenvalue weighted by atomic mass is 32.1. The number of aromatic nitrogens is 4. The van der Waals surface area contributed by atoms with Crippen LogP contribution in [-0.4, -0.2) is 78.1 Å². The van der Waals surface area contributed by atoms with Crippen LogP contribution in [0.2, 0.25) is 0 Å². The van der Waals surface area contributed by atoms with Crippen LogP contribution in [0.1, 0.15) is 118 Å². The third-order valence-electron chi connectivity index (χ3n) is 12.9. The average Bonchev–Trinajstić information content (AvgIpc) is 4.05. The number of benzene rings is 3. The Bertz CT molecular complexity index is 2680. The number of ether oxygens (including phenoxy) is 2. The number of anilines is 2. The molecule has 13 nitrogen and oxygen atoms in total. The molecule has 0 saturated heterocycles. The molecule has 6 aromatic rings. The molecule has 1 amide bonds. The van der Waals surface area contributed by atoms with Gasteiger partial charge in [-0.3, -0.25) is 14.3 Å². The minimum Gasteiger partial charge on any atom is -0.497 e. The lowest BCUT2D eigenvalue weighted by molar-refractivity contribution is -0.121. The van der Waals surface area contributed by atoms with Crippen LogP contribution < -0.4 is 30.6 Å². The number of rotatable bonds is 25. The van der Waals surface area contributed by atoms with Crippen molar-refractivity contribution in [2.75, 3.05) is 45.9 Å². The summed E-state index contributed by atoms with van der Waals surface area (Å²) >= 11 is 1.67. The van der Waals surface area contributed by atoms with Crippen molar-refractivity contribution in [2.45, 2.75) is 123 Å². The standard InChI is InChI=1S/C53H67F2N7O4S.CH4O.CH2O/c1-36-25-45-47(60(4)53(36)64)28-42(65-5)29-48(45)62-23-18-19-38-26-43(44(52(54)55)30-46(38)62)41-32-59-61(33-41)34-50(63)57-22-16-14-12-10-8-6-7-9-11-13-15-17-24-66-49-27-39(20-21-40(49)31-56-3)51-37(2)58-35-67-51;2*1-2/h20-21,25-30,32-33,35,52,56H,6-19,22-24,31,34H2,1-5H3,(H,57,63);2H,1H3;1H2. The van der Waals surface area contributed by atoms with Crippen molar-refractivity contribution in [3.63, 3.8) is 0 Å². The van der Waals surface area contributed by atoms with E-state index >= 15 is 0 Å². The lowest BCUT2D eigenvalue weighted by Crippen LogP contribution is -2.28. The first-order valence-electron chi connectivity index (χ1n) is 24.8. The van der Waals surface area contributed by atoms with E-state index in [9.17, 15) is 18.4 Å². The van der Waals surface area contributed by atoms with Gasteiger partial charge in [0.15, 0.2) is 0 Å². The van der Waals surface area contributed by atoms with Gasteiger partial charge in [0.25, 0.3) is 12.0 Å². The van der Waals surface area contributed by atoms with Gasteiger partial charge in [-0.1, -0.05) is 76.3 Å². The first-order valence-corrected chi connectivity index (χ1v) is 25.7. The normalized spacial score (nSPS) is 12.0. The van der Waals surface area contributed by atoms with E-state index in [1.807, 2.05) is 50.5 Å². The number of aliphatic hydroxyl groups excluding tert-OH is 1. The SMILES string of the molecule is C=O.CNCc1ccc(-c2scnc2C)cc1OCCCCCCCCCCCCCCNC(=O)Cn1cc(-c2cc3c(cc2C(F)F)N(c2cc(OC)cc4c2cc(C)c(=O)n4C)CCC3)cn1.CO. The number of aryl methyl sites for hydroxylation is 4. The lowest BCUT2D eigenvalue weighted by atomic mass is 9.92. The number of aliphatic hydroxyl groups is 1. The number of hydrogen-bond donors (Lipinski definition) is 3. The Morgan fingerprint density at radius 2 is 1.59 bits per heavy atom. The number of pyridine rings is 1. The second-order valence-electron chi connectivity index (χ2n) is 17.9. The largest absolute Gasteiger partial charge is 0.497 e. The highest BCUT2D eigenvalue weighted by Crippen LogP contribution is 2.44. The summed E-state index contributed by atoms with van der Waals surface area (Å²) in [5, 5.41) is 18.5. The second-order valence-corrected chi connectivity index (χ2v) is 18.7. The Morgan fingerprint density at radius 1 is 0.901 bits per heavy atom. The first-order chi connectivity index (χ1) is 34.6. The van der Waals surface area contributed by atoms with Gasteiger partial charge in [0.05, 0.1) is 47.2 Å². The fourth-order valence-corrected chi connectivity index (χ4v) is 10.1. The molecule has 1 aliphatic heterocycles. The third-order valence-corrected chi connectivity index (χ3v) is 13.9. The van der Waals surface area contributed by atoms with Crippen LogP contribution in [0.15, 0.2) is 71.2 Å². The number of methoxy groups -OCH3 is 1. The fraction of sp³-hybridized carbons (Fsp3) is 0.473. The molecule has 16 heteroatoms. The van der Waals surface area contributed by atoms with Crippen molar-refractivity contribution in [3.8, 4) is 33.1 Å². The van der Waals surface area contributed by atoms with Crippen LogP contribution in [0.25, 0.3) is 32.5 Å². The van der Waals surface area contributed by atoms with Gasteiger partial charge in [0.1, 0.15) is 24.8 Å². The van der Waals surface area contributed by atoms with Crippen molar-refractivity contribution in [3.05, 3.63) is 105 Å². The molecule has 3 aromatic carbocycles. The molecule has 0 bridgehead atoms. The number of halogens is 2. The van der Waals surface area contributed by atoms with E-state index in [0.29, 0.717) is 46.7 Å². The fourth-order valence-electron chi connectivity index (χ4n) is 9.29. The molecule has 7 rings (SSSR count). The molecule has 0 saturated carbocycles. The molecule has 3 aromatic heterocycles. The molecule has 0 aliphatic carbocycles. The Labute approximate surface area is 421 Å². The zero-order chi connectivity index (χ0) is 51.3. The van der Waals surface area contributed by atoms with Crippen molar-refractivity contribution in [1.82, 2.24) is 30.0 Å². The molecule has 384 valence electrons. The van der Waals surface area contributed by atoms with E-state index < -0.39 is 6.43 Å². The maximum atomic E-state index is 14.9. The Hall–Kier alpha value is -5.97. The summed E-state index contributed by atoms with van der Waals surface area (Å²) in [7, 11) is 6.27. The minimum absolute atomic E-state index is 0.0158. The van der Waals surface area contributed by atoms with Crippen molar-refractivity contribution < 1.29 is 33.0 Å². The molecule has 4 heterocycles. The number of carbonyl (C=O) groups excluding carboxylic acids is 2. The predicted octanol–water partition coefficient (Wildman–Crippen LogP) is 11.2. The number of carbonyl (C=O) groups is 2. The van der Waals surface area contributed by atoms with Crippen molar-refractivity contribution in [1.29, 1.82) is 0 Å². The first kappa shape index (κ1) is 56.0. The van der Waals surface area contributed by atoms with Gasteiger partial charge >= 0.3 is 0 Å². The number of hydrogen-bond acceptors (Lipinski definition) is 11. The Morgan fingerprint density at radius 3 is 2.24 bits per heavy atom. The molecule has 71 heavy (non-hydrogen) atoms. The number of amides is 1. The number of nitrogens with zero attached hydrogens (tertiary/aromatic N) is 5. The number of alkyl halides is 2. The lowest BCUT2D eigenvalue weighted by Gasteiger charge is -2.34. The molecular weight excluding hydrogens is 925 g/mol. The number of thiazole rings is 1. The van der Waals surface area contributed by atoms with E-state index in [1.165, 1.54) is 72.1 Å². The molecule has 0 atom stereocenters. The number of nitrogens with one attached hydrogen (secondary N) is 2. The maximum Gasteiger partial charge on any atom is 0.264 e. The molecule has 0 unspecified atom stereocenters. The van der Waals surface area contributed by atoms with Gasteiger partial charge in [0.2, 0.25) is 5.91 Å². The van der Waals surface area contributed by atoms with Crippen LogP contribution in [0.5, 0.6) is 11.5 Å². The van der Waals surface area contributed by atoms with Crippen LogP contribution >= 0.6 is 11.3 Å². The number of fused-ring (bicyclic) bond motifs is 2. The zero-order valence-electron chi connectivity index (χ0n) is 42.5. The Balaban J connectivity index is 0.00000228. The van der Waals surface area contributed by atoms with E-state index in [1.54, 1.807) is 55.4 Å². The second kappa shape index (κ2) is 28.8. The molecule has 0 fully saturated rings. The summed E-state index contributed by atoms with van der Waals surface area (Å²) in [6.07, 6.45) is 16.2. The molecule has 1 aliphatic rings. The van der Waals surface area contributed by atoms with Crippen molar-refractivity contribution in [2.24, 2.45) is 7.05 Å². The summed E-state index contributed by atoms with van der Waals surface area (Å²) in [4.78, 5) is 41.3. The van der Waals surface area contributed by atoms with E-state index in [-0.39, 0.29) is 23.6 Å². The van der Waals surface area contributed by atoms with Gasteiger partial charge < -0.3 is 39.5 Å². The van der Waals surface area contributed by atoms with Gasteiger partial charge in [-0.15, -0.1) is 11.3 Å². The van der Waals surface area contributed by atoms with Crippen LogP contribution in [0, 0.1) is 13.8 Å². The van der Waals surface area contributed by atoms with Gasteiger partial charge in [0, 0.05) is 85.4 Å². The molecule has 3 N–H and O–H groups in total. The predicted molar refractivity (Wildman–Crippen MR) is 283 cm³/mol. The maximum absolute atomic E-state index is 14.9. The van der Waals surface area contributed by atoms with Crippen LogP contribution in [0.3, 0.4) is 0 Å². The topological polar surface area (TPSA) is 153 Å². The van der Waals surface area contributed by atoms with E-state index in [4.69, 9.17) is 19.4 Å². The summed E-state index contributed by atoms with van der Waals surface area (Å²) in [6.45, 7) is 8.58. The highest BCUT2D eigenvalue weighted by Gasteiger charge is 2.27. The van der Waals surface area contributed by atoms with E-state index in [0.717, 1.165) is 86.9 Å². The van der Waals surface area contributed by atoms with Crippen molar-refractivity contribution >= 4 is 46.3 Å².